The van der Waals surface area contributed by atoms with Crippen LogP contribution in [0.1, 0.15) is 49.0 Å². The summed E-state index contributed by atoms with van der Waals surface area (Å²) in [7, 11) is -3.56. The minimum atomic E-state index is -3.56. The lowest BCUT2D eigenvalue weighted by atomic mass is 10.2. The van der Waals surface area contributed by atoms with Crippen LogP contribution in [-0.4, -0.2) is 48.5 Å². The molecule has 0 saturated carbocycles. The van der Waals surface area contributed by atoms with Gasteiger partial charge in [-0.1, -0.05) is 18.9 Å². The number of amides is 1. The van der Waals surface area contributed by atoms with Gasteiger partial charge in [-0.2, -0.15) is 4.31 Å². The van der Waals surface area contributed by atoms with Crippen molar-refractivity contribution in [3.63, 3.8) is 0 Å². The molecule has 1 unspecified atom stereocenters. The number of hydrogen-bond donors (Lipinski definition) is 1. The molecule has 9 nitrogen and oxygen atoms in total. The summed E-state index contributed by atoms with van der Waals surface area (Å²) in [5.74, 6) is -0.132. The van der Waals surface area contributed by atoms with Crippen molar-refractivity contribution in [3.8, 4) is 0 Å². The topological polar surface area (TPSA) is 115 Å². The van der Waals surface area contributed by atoms with Crippen LogP contribution >= 0.6 is 0 Å². The zero-order valence-electron chi connectivity index (χ0n) is 15.2. The van der Waals surface area contributed by atoms with Gasteiger partial charge in [0.15, 0.2) is 0 Å². The first-order valence-electron chi connectivity index (χ1n) is 8.82. The van der Waals surface area contributed by atoms with E-state index in [9.17, 15) is 13.2 Å². The summed E-state index contributed by atoms with van der Waals surface area (Å²) in [5.41, 5.74) is 0.283. The van der Waals surface area contributed by atoms with Crippen LogP contribution in [-0.2, 0) is 14.8 Å². The van der Waals surface area contributed by atoms with E-state index in [1.807, 2.05) is 0 Å². The van der Waals surface area contributed by atoms with Gasteiger partial charge in [0, 0.05) is 25.3 Å². The lowest BCUT2D eigenvalue weighted by molar-refractivity contribution is 0.0893. The highest BCUT2D eigenvalue weighted by molar-refractivity contribution is 7.89. The van der Waals surface area contributed by atoms with Gasteiger partial charge in [-0.3, -0.25) is 10.1 Å². The van der Waals surface area contributed by atoms with Crippen molar-refractivity contribution in [2.45, 2.75) is 37.7 Å². The summed E-state index contributed by atoms with van der Waals surface area (Å²) in [6, 6.07) is 5.69. The van der Waals surface area contributed by atoms with Gasteiger partial charge < -0.3 is 9.15 Å². The first-order chi connectivity index (χ1) is 13.0. The number of nitrogens with zero attached hydrogens (tertiary/aromatic N) is 3. The van der Waals surface area contributed by atoms with Crippen molar-refractivity contribution >= 4 is 21.9 Å². The van der Waals surface area contributed by atoms with Crippen molar-refractivity contribution in [1.82, 2.24) is 14.5 Å². The third-order valence-electron chi connectivity index (χ3n) is 4.33. The zero-order valence-corrected chi connectivity index (χ0v) is 16.0. The van der Waals surface area contributed by atoms with Crippen molar-refractivity contribution in [2.75, 3.05) is 25.0 Å². The highest BCUT2D eigenvalue weighted by Crippen LogP contribution is 2.28. The molecular formula is C17H22N4O5S. The quantitative estimate of drug-likeness (QED) is 0.765. The smallest absolute Gasteiger partial charge is 0.322 e. The van der Waals surface area contributed by atoms with Crippen LogP contribution < -0.4 is 5.32 Å². The lowest BCUT2D eigenvalue weighted by Crippen LogP contribution is -2.30. The van der Waals surface area contributed by atoms with E-state index < -0.39 is 15.9 Å². The van der Waals surface area contributed by atoms with E-state index in [0.717, 1.165) is 12.8 Å². The molecule has 1 N–H and O–H groups in total. The minimum absolute atomic E-state index is 0.0228. The zero-order chi connectivity index (χ0) is 19.4. The largest absolute Gasteiger partial charge is 0.405 e. The SMILES string of the molecule is CCN(CC)S(=O)(=O)c1ccc(C(=O)Nc2nnc(C3CCCO3)o2)cc1. The first kappa shape index (κ1) is 19.5. The Balaban J connectivity index is 1.69. The van der Waals surface area contributed by atoms with Gasteiger partial charge >= 0.3 is 6.01 Å². The molecule has 1 aromatic heterocycles. The molecule has 10 heteroatoms. The van der Waals surface area contributed by atoms with Gasteiger partial charge in [0.05, 0.1) is 4.90 Å². The molecule has 1 atom stereocenters. The van der Waals surface area contributed by atoms with Gasteiger partial charge in [0.1, 0.15) is 6.10 Å². The van der Waals surface area contributed by atoms with Gasteiger partial charge in [-0.25, -0.2) is 8.42 Å². The second-order valence-corrected chi connectivity index (χ2v) is 7.95. The molecule has 2 heterocycles. The average molecular weight is 394 g/mol. The fraction of sp³-hybridized carbons (Fsp3) is 0.471. The highest BCUT2D eigenvalue weighted by atomic mass is 32.2. The first-order valence-corrected chi connectivity index (χ1v) is 10.3. The van der Waals surface area contributed by atoms with Crippen LogP contribution in [0, 0.1) is 0 Å². The lowest BCUT2D eigenvalue weighted by Gasteiger charge is -2.18. The number of carbonyl (C=O) groups excluding carboxylic acids is 1. The Kier molecular flexibility index (Phi) is 5.88. The van der Waals surface area contributed by atoms with Gasteiger partial charge in [-0.15, -0.1) is 5.10 Å². The van der Waals surface area contributed by atoms with E-state index in [-0.39, 0.29) is 22.6 Å². The molecule has 3 rings (SSSR count). The summed E-state index contributed by atoms with van der Waals surface area (Å²) in [6.07, 6.45) is 1.50. The number of rotatable bonds is 7. The summed E-state index contributed by atoms with van der Waals surface area (Å²) < 4.78 is 37.2. The number of ether oxygens (including phenoxy) is 1. The number of carbonyl (C=O) groups is 1. The number of nitrogens with one attached hydrogen (secondary N) is 1. The Labute approximate surface area is 157 Å². The predicted octanol–water partition coefficient (Wildman–Crippen LogP) is 2.20. The molecule has 1 fully saturated rings. The van der Waals surface area contributed by atoms with E-state index in [4.69, 9.17) is 9.15 Å². The minimum Gasteiger partial charge on any atom is -0.405 e. The van der Waals surface area contributed by atoms with Gasteiger partial charge in [0.25, 0.3) is 5.91 Å². The molecule has 1 aromatic carbocycles. The normalized spacial score (nSPS) is 17.4. The van der Waals surface area contributed by atoms with Crippen molar-refractivity contribution in [2.24, 2.45) is 0 Å². The fourth-order valence-corrected chi connectivity index (χ4v) is 4.31. The van der Waals surface area contributed by atoms with E-state index >= 15 is 0 Å². The van der Waals surface area contributed by atoms with Crippen LogP contribution in [0.4, 0.5) is 6.01 Å². The van der Waals surface area contributed by atoms with Crippen LogP contribution in [0.25, 0.3) is 0 Å². The molecule has 2 aromatic rings. The Hall–Kier alpha value is -2.30. The van der Waals surface area contributed by atoms with Gasteiger partial charge in [-0.05, 0) is 37.1 Å². The second kappa shape index (κ2) is 8.15. The molecule has 1 aliphatic rings. The van der Waals surface area contributed by atoms with E-state index in [1.54, 1.807) is 13.8 Å². The molecule has 1 saturated heterocycles. The third kappa shape index (κ3) is 4.18. The number of aromatic nitrogens is 2. The Bertz CT molecular complexity index is 884. The van der Waals surface area contributed by atoms with Crippen LogP contribution in [0.15, 0.2) is 33.6 Å². The standard InChI is InChI=1S/C17H22N4O5S/c1-3-21(4-2)27(23,24)13-9-7-12(8-10-13)15(22)18-17-20-19-16(26-17)14-6-5-11-25-14/h7-10,14H,3-6,11H2,1-2H3,(H,18,20,22). The summed E-state index contributed by atoms with van der Waals surface area (Å²) >= 11 is 0. The Morgan fingerprint density at radius 2 is 1.93 bits per heavy atom. The molecule has 0 bridgehead atoms. The molecule has 0 spiro atoms. The fourth-order valence-electron chi connectivity index (χ4n) is 2.85. The maximum Gasteiger partial charge on any atom is 0.322 e. The van der Waals surface area contributed by atoms with Crippen molar-refractivity contribution < 1.29 is 22.4 Å². The van der Waals surface area contributed by atoms with E-state index in [0.29, 0.717) is 25.6 Å². The summed E-state index contributed by atoms with van der Waals surface area (Å²) in [4.78, 5) is 12.5. The highest BCUT2D eigenvalue weighted by Gasteiger charge is 2.25. The molecule has 27 heavy (non-hydrogen) atoms. The molecule has 1 amide bonds. The number of benzene rings is 1. The number of hydrogen-bond acceptors (Lipinski definition) is 7. The summed E-state index contributed by atoms with van der Waals surface area (Å²) in [5, 5.41) is 10.2. The number of anilines is 1. The van der Waals surface area contributed by atoms with E-state index in [1.165, 1.54) is 28.6 Å². The van der Waals surface area contributed by atoms with Crippen LogP contribution in [0.5, 0.6) is 0 Å². The van der Waals surface area contributed by atoms with Crippen LogP contribution in [0.2, 0.25) is 0 Å². The average Bonchev–Trinajstić information content (AvgIpc) is 3.34. The van der Waals surface area contributed by atoms with Crippen LogP contribution in [0.3, 0.4) is 0 Å². The second-order valence-electron chi connectivity index (χ2n) is 6.01. The summed E-state index contributed by atoms with van der Waals surface area (Å²) in [6.45, 7) is 4.96. The molecule has 1 aliphatic heterocycles. The van der Waals surface area contributed by atoms with Gasteiger partial charge in [0.2, 0.25) is 15.9 Å². The maximum atomic E-state index is 12.5. The van der Waals surface area contributed by atoms with Crippen molar-refractivity contribution in [1.29, 1.82) is 0 Å². The maximum absolute atomic E-state index is 12.5. The molecule has 0 aliphatic carbocycles. The Morgan fingerprint density at radius 3 is 2.52 bits per heavy atom. The van der Waals surface area contributed by atoms with Crippen molar-refractivity contribution in [3.05, 3.63) is 35.7 Å². The van der Waals surface area contributed by atoms with E-state index in [2.05, 4.69) is 15.5 Å². The number of sulfonamides is 1. The molecule has 146 valence electrons. The third-order valence-corrected chi connectivity index (χ3v) is 6.39. The molecular weight excluding hydrogens is 372 g/mol. The molecule has 0 radical (unpaired) electrons. The monoisotopic (exact) mass is 394 g/mol. The Morgan fingerprint density at radius 1 is 1.22 bits per heavy atom. The predicted molar refractivity (Wildman–Crippen MR) is 96.7 cm³/mol.